The number of nitrogens with zero attached hydrogens (tertiary/aromatic N) is 3. The van der Waals surface area contributed by atoms with E-state index in [1.54, 1.807) is 10.9 Å². The van der Waals surface area contributed by atoms with E-state index < -0.39 is 0 Å². The fourth-order valence-electron chi connectivity index (χ4n) is 1.92. The molecule has 98 valence electrons. The molecule has 1 aromatic heterocycles. The molecule has 3 rings (SSSR count). The van der Waals surface area contributed by atoms with Crippen molar-refractivity contribution < 1.29 is 4.79 Å². The molecule has 19 heavy (non-hydrogen) atoms. The molecule has 5 nitrogen and oxygen atoms in total. The van der Waals surface area contributed by atoms with Gasteiger partial charge in [-0.25, -0.2) is 4.68 Å². The molecule has 1 saturated heterocycles. The van der Waals surface area contributed by atoms with Crippen LogP contribution in [-0.4, -0.2) is 33.9 Å². The summed E-state index contributed by atoms with van der Waals surface area (Å²) >= 11 is 3.37. The molecule has 0 bridgehead atoms. The van der Waals surface area contributed by atoms with E-state index in [1.807, 2.05) is 24.3 Å². The van der Waals surface area contributed by atoms with Gasteiger partial charge in [0.25, 0.3) is 0 Å². The van der Waals surface area contributed by atoms with Crippen molar-refractivity contribution in [2.75, 3.05) is 13.1 Å². The zero-order chi connectivity index (χ0) is 13.2. The summed E-state index contributed by atoms with van der Waals surface area (Å²) in [5.41, 5.74) is 1.42. The SMILES string of the molecule is O=C(Cc1ccc(Br)cc1)c1cn(C2CNC2)nn1. The van der Waals surface area contributed by atoms with Gasteiger partial charge in [0.1, 0.15) is 5.69 Å². The molecule has 2 heterocycles. The third kappa shape index (κ3) is 2.74. The molecule has 0 unspecified atom stereocenters. The summed E-state index contributed by atoms with van der Waals surface area (Å²) in [7, 11) is 0. The number of aromatic nitrogens is 3. The van der Waals surface area contributed by atoms with Crippen LogP contribution in [0.3, 0.4) is 0 Å². The van der Waals surface area contributed by atoms with Crippen LogP contribution in [0.1, 0.15) is 22.1 Å². The van der Waals surface area contributed by atoms with Crippen molar-refractivity contribution in [2.45, 2.75) is 12.5 Å². The molecule has 0 atom stereocenters. The van der Waals surface area contributed by atoms with E-state index in [9.17, 15) is 4.79 Å². The predicted molar refractivity (Wildman–Crippen MR) is 74.1 cm³/mol. The highest BCUT2D eigenvalue weighted by Crippen LogP contribution is 2.14. The first kappa shape index (κ1) is 12.5. The van der Waals surface area contributed by atoms with Crippen molar-refractivity contribution in [3.8, 4) is 0 Å². The number of Topliss-reactive ketones (excluding diaryl/α,β-unsaturated/α-hetero) is 1. The van der Waals surface area contributed by atoms with E-state index in [4.69, 9.17) is 0 Å². The van der Waals surface area contributed by atoms with Gasteiger partial charge in [0.2, 0.25) is 0 Å². The van der Waals surface area contributed by atoms with Crippen LogP contribution in [-0.2, 0) is 6.42 Å². The van der Waals surface area contributed by atoms with E-state index in [0.717, 1.165) is 23.1 Å². The lowest BCUT2D eigenvalue weighted by Gasteiger charge is -2.26. The summed E-state index contributed by atoms with van der Waals surface area (Å²) in [5, 5.41) is 11.1. The topological polar surface area (TPSA) is 59.8 Å². The molecule has 1 aliphatic rings. The Bertz CT molecular complexity index is 589. The third-order valence-corrected chi connectivity index (χ3v) is 3.74. The van der Waals surface area contributed by atoms with Crippen molar-refractivity contribution in [3.63, 3.8) is 0 Å². The van der Waals surface area contributed by atoms with Gasteiger partial charge >= 0.3 is 0 Å². The van der Waals surface area contributed by atoms with Gasteiger partial charge in [0.05, 0.1) is 12.2 Å². The molecular formula is C13H13BrN4O. The number of ketones is 1. The summed E-state index contributed by atoms with van der Waals surface area (Å²) < 4.78 is 2.78. The standard InChI is InChI=1S/C13H13BrN4O/c14-10-3-1-9(2-4-10)5-13(19)12-8-18(17-16-12)11-6-15-7-11/h1-4,8,11,15H,5-7H2. The van der Waals surface area contributed by atoms with Gasteiger partial charge < -0.3 is 5.32 Å². The molecule has 6 heteroatoms. The summed E-state index contributed by atoms with van der Waals surface area (Å²) in [4.78, 5) is 12.1. The van der Waals surface area contributed by atoms with Crippen molar-refractivity contribution >= 4 is 21.7 Å². The van der Waals surface area contributed by atoms with Gasteiger partial charge in [-0.3, -0.25) is 4.79 Å². The lowest BCUT2D eigenvalue weighted by Crippen LogP contribution is -2.43. The normalized spacial score (nSPS) is 15.2. The number of carbonyl (C=O) groups is 1. The minimum Gasteiger partial charge on any atom is -0.312 e. The van der Waals surface area contributed by atoms with Crippen LogP contribution in [0.5, 0.6) is 0 Å². The second-order valence-corrected chi connectivity index (χ2v) is 5.54. The van der Waals surface area contributed by atoms with Crippen LogP contribution in [0.25, 0.3) is 0 Å². The van der Waals surface area contributed by atoms with Crippen LogP contribution in [0.2, 0.25) is 0 Å². The van der Waals surface area contributed by atoms with Crippen molar-refractivity contribution in [2.24, 2.45) is 0 Å². The third-order valence-electron chi connectivity index (χ3n) is 3.21. The highest BCUT2D eigenvalue weighted by molar-refractivity contribution is 9.10. The van der Waals surface area contributed by atoms with E-state index in [0.29, 0.717) is 18.2 Å². The quantitative estimate of drug-likeness (QED) is 0.869. The molecule has 0 aliphatic carbocycles. The zero-order valence-corrected chi connectivity index (χ0v) is 11.8. The van der Waals surface area contributed by atoms with E-state index in [-0.39, 0.29) is 5.78 Å². The van der Waals surface area contributed by atoms with Gasteiger partial charge in [-0.2, -0.15) is 0 Å². The average Bonchev–Trinajstić information content (AvgIpc) is 2.79. The number of carbonyl (C=O) groups excluding carboxylic acids is 1. The Morgan fingerprint density at radius 2 is 2.11 bits per heavy atom. The number of hydrogen-bond donors (Lipinski definition) is 1. The van der Waals surface area contributed by atoms with Crippen LogP contribution >= 0.6 is 15.9 Å². The van der Waals surface area contributed by atoms with Crippen LogP contribution in [0, 0.1) is 0 Å². The molecule has 1 aliphatic heterocycles. The van der Waals surface area contributed by atoms with Gasteiger partial charge in [-0.1, -0.05) is 33.3 Å². The Labute approximate surface area is 119 Å². The Balaban J connectivity index is 1.69. The Kier molecular flexibility index (Phi) is 3.44. The smallest absolute Gasteiger partial charge is 0.189 e. The zero-order valence-electron chi connectivity index (χ0n) is 10.2. The lowest BCUT2D eigenvalue weighted by atomic mass is 10.1. The monoisotopic (exact) mass is 320 g/mol. The molecule has 0 saturated carbocycles. The molecular weight excluding hydrogens is 308 g/mol. The number of benzene rings is 1. The van der Waals surface area contributed by atoms with E-state index in [2.05, 4.69) is 31.6 Å². The number of nitrogens with one attached hydrogen (secondary N) is 1. The van der Waals surface area contributed by atoms with Crippen LogP contribution in [0.15, 0.2) is 34.9 Å². The van der Waals surface area contributed by atoms with E-state index >= 15 is 0 Å². The number of hydrogen-bond acceptors (Lipinski definition) is 4. The van der Waals surface area contributed by atoms with Gasteiger partial charge in [0.15, 0.2) is 5.78 Å². The van der Waals surface area contributed by atoms with Crippen molar-refractivity contribution in [3.05, 3.63) is 46.2 Å². The van der Waals surface area contributed by atoms with Gasteiger partial charge in [-0.05, 0) is 17.7 Å². The first-order valence-corrected chi connectivity index (χ1v) is 6.92. The molecule has 1 N–H and O–H groups in total. The Morgan fingerprint density at radius 3 is 2.74 bits per heavy atom. The summed E-state index contributed by atoms with van der Waals surface area (Å²) in [5.74, 6) is 0.000792. The molecule has 0 amide bonds. The first-order valence-electron chi connectivity index (χ1n) is 6.12. The molecule has 0 radical (unpaired) electrons. The predicted octanol–water partition coefficient (Wildman–Crippen LogP) is 1.61. The van der Waals surface area contributed by atoms with Crippen molar-refractivity contribution in [1.82, 2.24) is 20.3 Å². The second-order valence-electron chi connectivity index (χ2n) is 4.62. The maximum Gasteiger partial charge on any atom is 0.189 e. The largest absolute Gasteiger partial charge is 0.312 e. The lowest BCUT2D eigenvalue weighted by molar-refractivity contribution is 0.0988. The fraction of sp³-hybridized carbons (Fsp3) is 0.308. The van der Waals surface area contributed by atoms with Crippen molar-refractivity contribution in [1.29, 1.82) is 0 Å². The number of rotatable bonds is 4. The molecule has 2 aromatic rings. The van der Waals surface area contributed by atoms with Crippen LogP contribution < -0.4 is 5.32 Å². The minimum absolute atomic E-state index is 0.000792. The fourth-order valence-corrected chi connectivity index (χ4v) is 2.19. The second kappa shape index (κ2) is 5.22. The minimum atomic E-state index is 0.000792. The summed E-state index contributed by atoms with van der Waals surface area (Å²) in [6.45, 7) is 1.79. The first-order chi connectivity index (χ1) is 9.22. The van der Waals surface area contributed by atoms with Gasteiger partial charge in [-0.15, -0.1) is 5.10 Å². The summed E-state index contributed by atoms with van der Waals surface area (Å²) in [6.07, 6.45) is 2.10. The molecule has 1 fully saturated rings. The molecule has 0 spiro atoms. The van der Waals surface area contributed by atoms with E-state index in [1.165, 1.54) is 0 Å². The Morgan fingerprint density at radius 1 is 1.37 bits per heavy atom. The number of halogens is 1. The van der Waals surface area contributed by atoms with Crippen LogP contribution in [0.4, 0.5) is 0 Å². The highest BCUT2D eigenvalue weighted by Gasteiger charge is 2.21. The maximum absolute atomic E-state index is 12.1. The maximum atomic E-state index is 12.1. The highest BCUT2D eigenvalue weighted by atomic mass is 79.9. The average molecular weight is 321 g/mol. The Hall–Kier alpha value is -1.53. The van der Waals surface area contributed by atoms with Gasteiger partial charge in [0, 0.05) is 24.0 Å². The molecule has 1 aromatic carbocycles. The summed E-state index contributed by atoms with van der Waals surface area (Å²) in [6, 6.07) is 8.06.